The second-order valence-electron chi connectivity index (χ2n) is 5.10. The summed E-state index contributed by atoms with van der Waals surface area (Å²) < 4.78 is 27.2. The van der Waals surface area contributed by atoms with E-state index < -0.39 is 11.6 Å². The summed E-state index contributed by atoms with van der Waals surface area (Å²) in [6.07, 6.45) is 1.88. The Morgan fingerprint density at radius 1 is 1.29 bits per heavy atom. The van der Waals surface area contributed by atoms with Crippen molar-refractivity contribution in [1.29, 1.82) is 0 Å². The van der Waals surface area contributed by atoms with E-state index in [4.69, 9.17) is 5.73 Å². The van der Waals surface area contributed by atoms with Crippen molar-refractivity contribution in [2.45, 2.75) is 31.2 Å². The van der Waals surface area contributed by atoms with E-state index in [0.717, 1.165) is 18.4 Å². The van der Waals surface area contributed by atoms with Crippen LogP contribution in [0.4, 0.5) is 14.5 Å². The molecule has 0 bridgehead atoms. The van der Waals surface area contributed by atoms with E-state index in [1.54, 1.807) is 25.1 Å². The van der Waals surface area contributed by atoms with Gasteiger partial charge in [-0.1, -0.05) is 6.07 Å². The predicted octanol–water partition coefficient (Wildman–Crippen LogP) is 2.41. The molecule has 1 aliphatic rings. The first-order valence-corrected chi connectivity index (χ1v) is 5.81. The Hall–Kier alpha value is -1.16. The van der Waals surface area contributed by atoms with E-state index >= 15 is 0 Å². The highest BCUT2D eigenvalue weighted by Gasteiger charge is 2.49. The number of anilines is 1. The molecule has 0 heterocycles. The molecule has 1 unspecified atom stereocenters. The minimum absolute atomic E-state index is 0.0499. The Labute approximate surface area is 100 Å². The molecule has 17 heavy (non-hydrogen) atoms. The van der Waals surface area contributed by atoms with E-state index in [-0.39, 0.29) is 11.5 Å². The van der Waals surface area contributed by atoms with E-state index in [9.17, 15) is 8.78 Å². The first-order valence-electron chi connectivity index (χ1n) is 5.81. The molecule has 94 valence electrons. The number of hydrogen-bond donors (Lipinski definition) is 1. The molecule has 1 saturated carbocycles. The number of hydrogen-bond acceptors (Lipinski definition) is 2. The molecule has 0 spiro atoms. The second kappa shape index (κ2) is 3.95. The Morgan fingerprint density at radius 2 is 1.88 bits per heavy atom. The Morgan fingerprint density at radius 3 is 2.29 bits per heavy atom. The maximum Gasteiger partial charge on any atom is 0.182 e. The fraction of sp³-hybridized carbons (Fsp3) is 0.538. The lowest BCUT2D eigenvalue weighted by atomic mass is 9.87. The van der Waals surface area contributed by atoms with Gasteiger partial charge in [-0.3, -0.25) is 0 Å². The van der Waals surface area contributed by atoms with Gasteiger partial charge in [0, 0.05) is 25.6 Å². The summed E-state index contributed by atoms with van der Waals surface area (Å²) in [5.41, 5.74) is 6.98. The number of nitrogens with zero attached hydrogens (tertiary/aromatic N) is 1. The van der Waals surface area contributed by atoms with Crippen molar-refractivity contribution in [3.05, 3.63) is 29.3 Å². The average Bonchev–Trinajstić information content (AvgIpc) is 3.02. The molecule has 1 aliphatic carbocycles. The third-order valence-corrected chi connectivity index (χ3v) is 3.71. The molecule has 0 amide bonds. The van der Waals surface area contributed by atoms with E-state index in [1.165, 1.54) is 6.07 Å². The van der Waals surface area contributed by atoms with Gasteiger partial charge in [-0.25, -0.2) is 8.78 Å². The molecule has 0 saturated heterocycles. The summed E-state index contributed by atoms with van der Waals surface area (Å²) in [6.45, 7) is 1.92. The Balaban J connectivity index is 2.59. The van der Waals surface area contributed by atoms with Gasteiger partial charge in [-0.2, -0.15) is 0 Å². The highest BCUT2D eigenvalue weighted by atomic mass is 19.2. The first kappa shape index (κ1) is 12.3. The van der Waals surface area contributed by atoms with E-state index in [0.29, 0.717) is 5.69 Å². The standard InChI is InChI=1S/C13H18F2N2/c1-8(16)13(6-7-13)9-4-5-10(14)11(15)12(9)17(2)3/h4-5,8H,6-7,16H2,1-3H3. The van der Waals surface area contributed by atoms with Gasteiger partial charge in [0.25, 0.3) is 0 Å². The largest absolute Gasteiger partial charge is 0.375 e. The quantitative estimate of drug-likeness (QED) is 0.879. The van der Waals surface area contributed by atoms with Crippen LogP contribution in [0.2, 0.25) is 0 Å². The lowest BCUT2D eigenvalue weighted by Gasteiger charge is -2.27. The van der Waals surface area contributed by atoms with Gasteiger partial charge in [0.05, 0.1) is 5.69 Å². The molecular formula is C13H18F2N2. The molecule has 2 rings (SSSR count). The van der Waals surface area contributed by atoms with Gasteiger partial charge in [0.2, 0.25) is 0 Å². The second-order valence-corrected chi connectivity index (χ2v) is 5.10. The monoisotopic (exact) mass is 240 g/mol. The zero-order valence-corrected chi connectivity index (χ0v) is 10.4. The molecular weight excluding hydrogens is 222 g/mol. The van der Waals surface area contributed by atoms with Crippen molar-refractivity contribution < 1.29 is 8.78 Å². The molecule has 0 radical (unpaired) electrons. The van der Waals surface area contributed by atoms with Crippen molar-refractivity contribution in [3.63, 3.8) is 0 Å². The average molecular weight is 240 g/mol. The van der Waals surface area contributed by atoms with Crippen LogP contribution in [0.5, 0.6) is 0 Å². The Kier molecular flexibility index (Phi) is 2.86. The highest BCUT2D eigenvalue weighted by molar-refractivity contribution is 5.59. The number of halogens is 2. The highest BCUT2D eigenvalue weighted by Crippen LogP contribution is 2.53. The van der Waals surface area contributed by atoms with Crippen LogP contribution >= 0.6 is 0 Å². The van der Waals surface area contributed by atoms with Gasteiger partial charge >= 0.3 is 0 Å². The van der Waals surface area contributed by atoms with Crippen molar-refractivity contribution >= 4 is 5.69 Å². The normalized spacial score (nSPS) is 18.9. The molecule has 1 aromatic rings. The molecule has 1 aromatic carbocycles. The summed E-state index contributed by atoms with van der Waals surface area (Å²) in [7, 11) is 3.44. The number of rotatable bonds is 3. The van der Waals surface area contributed by atoms with Crippen LogP contribution < -0.4 is 10.6 Å². The molecule has 0 aliphatic heterocycles. The molecule has 2 nitrogen and oxygen atoms in total. The third-order valence-electron chi connectivity index (χ3n) is 3.71. The molecule has 1 fully saturated rings. The van der Waals surface area contributed by atoms with Gasteiger partial charge in [0.15, 0.2) is 11.6 Å². The maximum atomic E-state index is 13.9. The van der Waals surface area contributed by atoms with Crippen LogP contribution in [0.1, 0.15) is 25.3 Å². The van der Waals surface area contributed by atoms with Crippen molar-refractivity contribution in [1.82, 2.24) is 0 Å². The van der Waals surface area contributed by atoms with Crippen molar-refractivity contribution in [2.75, 3.05) is 19.0 Å². The van der Waals surface area contributed by atoms with E-state index in [1.807, 2.05) is 6.92 Å². The van der Waals surface area contributed by atoms with Crippen LogP contribution in [-0.2, 0) is 5.41 Å². The fourth-order valence-electron chi connectivity index (χ4n) is 2.48. The molecule has 2 N–H and O–H groups in total. The zero-order valence-electron chi connectivity index (χ0n) is 10.4. The maximum absolute atomic E-state index is 13.9. The van der Waals surface area contributed by atoms with Crippen LogP contribution in [0, 0.1) is 11.6 Å². The van der Waals surface area contributed by atoms with Gasteiger partial charge in [-0.05, 0) is 31.4 Å². The molecule has 4 heteroatoms. The predicted molar refractivity (Wildman–Crippen MR) is 65.2 cm³/mol. The van der Waals surface area contributed by atoms with Crippen molar-refractivity contribution in [2.24, 2.45) is 5.73 Å². The number of nitrogens with two attached hydrogens (primary N) is 1. The summed E-state index contributed by atoms with van der Waals surface area (Å²) in [6, 6.07) is 2.82. The fourth-order valence-corrected chi connectivity index (χ4v) is 2.48. The van der Waals surface area contributed by atoms with Crippen LogP contribution in [0.3, 0.4) is 0 Å². The topological polar surface area (TPSA) is 29.3 Å². The van der Waals surface area contributed by atoms with Gasteiger partial charge in [-0.15, -0.1) is 0 Å². The van der Waals surface area contributed by atoms with E-state index in [2.05, 4.69) is 0 Å². The van der Waals surface area contributed by atoms with Gasteiger partial charge in [0.1, 0.15) is 0 Å². The summed E-state index contributed by atoms with van der Waals surface area (Å²) in [5, 5.41) is 0. The minimum Gasteiger partial charge on any atom is -0.375 e. The lowest BCUT2D eigenvalue weighted by Crippen LogP contribution is -2.33. The number of benzene rings is 1. The van der Waals surface area contributed by atoms with Crippen LogP contribution in [0.15, 0.2) is 12.1 Å². The minimum atomic E-state index is -0.807. The zero-order chi connectivity index (χ0) is 12.8. The molecule has 0 aromatic heterocycles. The van der Waals surface area contributed by atoms with Crippen molar-refractivity contribution in [3.8, 4) is 0 Å². The summed E-state index contributed by atoms with van der Waals surface area (Å²) in [4.78, 5) is 1.62. The van der Waals surface area contributed by atoms with Crippen LogP contribution in [-0.4, -0.2) is 20.1 Å². The summed E-state index contributed by atoms with van der Waals surface area (Å²) in [5.74, 6) is -1.59. The smallest absolute Gasteiger partial charge is 0.182 e. The molecule has 1 atom stereocenters. The summed E-state index contributed by atoms with van der Waals surface area (Å²) >= 11 is 0. The third kappa shape index (κ3) is 1.80. The van der Waals surface area contributed by atoms with Gasteiger partial charge < -0.3 is 10.6 Å². The van der Waals surface area contributed by atoms with Crippen LogP contribution in [0.25, 0.3) is 0 Å². The first-order chi connectivity index (χ1) is 7.90. The Bertz CT molecular complexity index is 437. The lowest BCUT2D eigenvalue weighted by molar-refractivity contribution is 0.498. The SMILES string of the molecule is CC(N)C1(c2ccc(F)c(F)c2N(C)C)CC1.